The number of fused-ring (bicyclic) bond motifs is 2. The first-order chi connectivity index (χ1) is 18.8. The zero-order chi connectivity index (χ0) is 28.1. The molecule has 0 saturated heterocycles. The molecule has 206 valence electrons. The zero-order valence-electron chi connectivity index (χ0n) is 24.0. The smallest absolute Gasteiger partial charge is 0.254 e. The molecule has 2 aliphatic rings. The summed E-state index contributed by atoms with van der Waals surface area (Å²) in [5, 5.41) is 3.22. The van der Waals surface area contributed by atoms with Crippen LogP contribution in [0.4, 0.5) is 0 Å². The quantitative estimate of drug-likeness (QED) is 0.350. The van der Waals surface area contributed by atoms with Crippen LogP contribution < -0.4 is 5.32 Å². The first-order valence-corrected chi connectivity index (χ1v) is 13.9. The van der Waals surface area contributed by atoms with Crippen molar-refractivity contribution >= 4 is 11.8 Å². The fourth-order valence-corrected chi connectivity index (χ4v) is 5.89. The Morgan fingerprint density at radius 3 is 2.41 bits per heavy atom. The number of benzene rings is 2. The van der Waals surface area contributed by atoms with Crippen molar-refractivity contribution in [3.8, 4) is 0 Å². The minimum Gasteiger partial charge on any atom is -0.355 e. The van der Waals surface area contributed by atoms with E-state index in [1.54, 1.807) is 11.0 Å². The SMILES string of the molecule is C=CC.Cc1c(C2C(C(=O)NCCCN3CCc4ccccc4C3)c3ccccc3C(=O)N2C)cn(C)c1C. The number of aryl methyl sites for hydroxylation is 1. The van der Waals surface area contributed by atoms with Gasteiger partial charge in [-0.3, -0.25) is 14.5 Å². The second kappa shape index (κ2) is 12.5. The van der Waals surface area contributed by atoms with Gasteiger partial charge in [0.1, 0.15) is 0 Å². The van der Waals surface area contributed by atoms with Crippen LogP contribution in [0.1, 0.15) is 69.2 Å². The van der Waals surface area contributed by atoms with Gasteiger partial charge in [-0.15, -0.1) is 6.58 Å². The van der Waals surface area contributed by atoms with Crippen LogP contribution in [0.3, 0.4) is 0 Å². The number of nitrogens with one attached hydrogen (secondary N) is 1. The van der Waals surface area contributed by atoms with Gasteiger partial charge in [0.25, 0.3) is 5.91 Å². The molecule has 0 bridgehead atoms. The first kappa shape index (κ1) is 28.4. The third kappa shape index (κ3) is 5.86. The van der Waals surface area contributed by atoms with Crippen LogP contribution in [0.25, 0.3) is 0 Å². The van der Waals surface area contributed by atoms with Crippen LogP contribution in [0.15, 0.2) is 67.4 Å². The van der Waals surface area contributed by atoms with Crippen molar-refractivity contribution < 1.29 is 9.59 Å². The number of allylic oxidation sites excluding steroid dienone is 1. The molecule has 1 aromatic heterocycles. The van der Waals surface area contributed by atoms with Gasteiger partial charge in [-0.2, -0.15) is 0 Å². The third-order valence-corrected chi connectivity index (χ3v) is 8.18. The predicted molar refractivity (Wildman–Crippen MR) is 158 cm³/mol. The van der Waals surface area contributed by atoms with Gasteiger partial charge in [-0.25, -0.2) is 0 Å². The number of rotatable bonds is 6. The number of carbonyl (C=O) groups is 2. The van der Waals surface area contributed by atoms with Crippen LogP contribution in [0.2, 0.25) is 0 Å². The van der Waals surface area contributed by atoms with Gasteiger partial charge in [-0.05, 0) is 67.5 Å². The Labute approximate surface area is 233 Å². The number of nitrogens with zero attached hydrogens (tertiary/aromatic N) is 3. The molecule has 0 fully saturated rings. The summed E-state index contributed by atoms with van der Waals surface area (Å²) in [6.45, 7) is 13.0. The fraction of sp³-hybridized carbons (Fsp3) is 0.394. The average Bonchev–Trinajstić information content (AvgIpc) is 3.20. The van der Waals surface area contributed by atoms with Crippen molar-refractivity contribution in [1.29, 1.82) is 0 Å². The summed E-state index contributed by atoms with van der Waals surface area (Å²) in [6.07, 6.45) is 5.80. The standard InChI is InChI=1S/C30H36N4O2.C3H6/c1-20-21(2)32(3)19-26(20)28-27(24-12-7-8-13-25(24)30(36)33(28)4)29(35)31-15-9-16-34-17-14-22-10-5-6-11-23(22)18-34;1-3-2/h5-8,10-13,19,27-28H,9,14-18H2,1-4H3,(H,31,35);3H,1H2,2H3. The van der Waals surface area contributed by atoms with E-state index in [2.05, 4.69) is 65.7 Å². The van der Waals surface area contributed by atoms with Gasteiger partial charge in [0.15, 0.2) is 0 Å². The second-order valence-corrected chi connectivity index (χ2v) is 10.7. The summed E-state index contributed by atoms with van der Waals surface area (Å²) < 4.78 is 2.08. The highest BCUT2D eigenvalue weighted by Gasteiger charge is 2.43. The molecule has 3 aromatic rings. The Bertz CT molecular complexity index is 1340. The van der Waals surface area contributed by atoms with Gasteiger partial charge in [0.05, 0.1) is 12.0 Å². The molecule has 2 aromatic carbocycles. The highest BCUT2D eigenvalue weighted by Crippen LogP contribution is 2.43. The number of carbonyl (C=O) groups excluding carboxylic acids is 2. The number of hydrogen-bond acceptors (Lipinski definition) is 3. The molecule has 6 nitrogen and oxygen atoms in total. The van der Waals surface area contributed by atoms with Crippen LogP contribution in [0, 0.1) is 13.8 Å². The molecule has 2 amide bonds. The van der Waals surface area contributed by atoms with Crippen molar-refractivity contribution in [2.75, 3.05) is 26.7 Å². The number of likely N-dealkylation sites (N-methyl/N-ethyl adjacent to an activating group) is 1. The van der Waals surface area contributed by atoms with Gasteiger partial charge in [-0.1, -0.05) is 48.5 Å². The van der Waals surface area contributed by atoms with E-state index >= 15 is 0 Å². The molecule has 0 radical (unpaired) electrons. The van der Waals surface area contributed by atoms with E-state index < -0.39 is 5.92 Å². The van der Waals surface area contributed by atoms with E-state index in [-0.39, 0.29) is 17.9 Å². The van der Waals surface area contributed by atoms with E-state index in [1.165, 1.54) is 11.1 Å². The first-order valence-electron chi connectivity index (χ1n) is 13.9. The fourth-order valence-electron chi connectivity index (χ4n) is 5.89. The Kier molecular flexibility index (Phi) is 9.08. The van der Waals surface area contributed by atoms with E-state index in [0.29, 0.717) is 12.1 Å². The maximum atomic E-state index is 13.7. The summed E-state index contributed by atoms with van der Waals surface area (Å²) in [6, 6.07) is 15.9. The summed E-state index contributed by atoms with van der Waals surface area (Å²) in [7, 11) is 3.83. The zero-order valence-corrected chi connectivity index (χ0v) is 24.0. The van der Waals surface area contributed by atoms with Crippen molar-refractivity contribution in [3.63, 3.8) is 0 Å². The Morgan fingerprint density at radius 2 is 1.72 bits per heavy atom. The lowest BCUT2D eigenvalue weighted by Crippen LogP contribution is -2.46. The minimum atomic E-state index is -0.453. The number of hydrogen-bond donors (Lipinski definition) is 1. The highest BCUT2D eigenvalue weighted by molar-refractivity contribution is 6.01. The highest BCUT2D eigenvalue weighted by atomic mass is 16.2. The molecule has 2 unspecified atom stereocenters. The third-order valence-electron chi connectivity index (χ3n) is 8.18. The Hall–Kier alpha value is -3.64. The largest absolute Gasteiger partial charge is 0.355 e. The van der Waals surface area contributed by atoms with Crippen LogP contribution in [-0.2, 0) is 24.8 Å². The molecule has 3 heterocycles. The average molecular weight is 527 g/mol. The molecule has 39 heavy (non-hydrogen) atoms. The van der Waals surface area contributed by atoms with Crippen molar-refractivity contribution in [2.24, 2.45) is 7.05 Å². The summed E-state index contributed by atoms with van der Waals surface area (Å²) in [4.78, 5) is 31.2. The molecule has 0 aliphatic carbocycles. The van der Waals surface area contributed by atoms with Gasteiger partial charge in [0.2, 0.25) is 5.91 Å². The van der Waals surface area contributed by atoms with Crippen molar-refractivity contribution in [3.05, 3.63) is 106 Å². The lowest BCUT2D eigenvalue weighted by atomic mass is 9.79. The van der Waals surface area contributed by atoms with Crippen LogP contribution >= 0.6 is 0 Å². The van der Waals surface area contributed by atoms with E-state index in [0.717, 1.165) is 54.9 Å². The predicted octanol–water partition coefficient (Wildman–Crippen LogP) is 5.31. The lowest BCUT2D eigenvalue weighted by Gasteiger charge is -2.39. The molecule has 5 rings (SSSR count). The molecule has 2 atom stereocenters. The second-order valence-electron chi connectivity index (χ2n) is 10.7. The summed E-state index contributed by atoms with van der Waals surface area (Å²) >= 11 is 0. The maximum absolute atomic E-state index is 13.7. The summed E-state index contributed by atoms with van der Waals surface area (Å²) in [5.74, 6) is -0.506. The Balaban J connectivity index is 0.00000112. The molecule has 2 aliphatic heterocycles. The summed E-state index contributed by atoms with van der Waals surface area (Å²) in [5.41, 5.74) is 7.61. The Morgan fingerprint density at radius 1 is 1.05 bits per heavy atom. The number of aromatic nitrogens is 1. The molecule has 6 heteroatoms. The van der Waals surface area contributed by atoms with Crippen molar-refractivity contribution in [2.45, 2.75) is 52.1 Å². The van der Waals surface area contributed by atoms with Gasteiger partial charge >= 0.3 is 0 Å². The normalized spacial score (nSPS) is 18.5. The molecule has 1 N–H and O–H groups in total. The van der Waals surface area contributed by atoms with E-state index in [1.807, 2.05) is 45.3 Å². The monoisotopic (exact) mass is 526 g/mol. The van der Waals surface area contributed by atoms with Crippen molar-refractivity contribution in [1.82, 2.24) is 19.7 Å². The lowest BCUT2D eigenvalue weighted by molar-refractivity contribution is -0.124. The number of amides is 2. The van der Waals surface area contributed by atoms with Gasteiger partial charge < -0.3 is 14.8 Å². The van der Waals surface area contributed by atoms with Gasteiger partial charge in [0, 0.05) is 57.7 Å². The topological polar surface area (TPSA) is 57.6 Å². The van der Waals surface area contributed by atoms with E-state index in [9.17, 15) is 9.59 Å². The van der Waals surface area contributed by atoms with Crippen LogP contribution in [0.5, 0.6) is 0 Å². The minimum absolute atomic E-state index is 0.0169. The van der Waals surface area contributed by atoms with Crippen LogP contribution in [-0.4, -0.2) is 52.9 Å². The molecular weight excluding hydrogens is 484 g/mol. The van der Waals surface area contributed by atoms with E-state index in [4.69, 9.17) is 0 Å². The molecular formula is C33H42N4O2. The molecule has 0 saturated carbocycles. The maximum Gasteiger partial charge on any atom is 0.254 e. The molecule has 0 spiro atoms.